The first-order valence-electron chi connectivity index (χ1n) is 8.22. The first-order chi connectivity index (χ1) is 11.3. The molecular weight excluding hydrogens is 312 g/mol. The summed E-state index contributed by atoms with van der Waals surface area (Å²) in [6, 6.07) is 3.88. The van der Waals surface area contributed by atoms with E-state index < -0.39 is 0 Å². The Labute approximate surface area is 140 Å². The van der Waals surface area contributed by atoms with Crippen LogP contribution in [0.5, 0.6) is 0 Å². The molecule has 0 spiro atoms. The van der Waals surface area contributed by atoms with Gasteiger partial charge in [-0.25, -0.2) is 0 Å². The lowest BCUT2D eigenvalue weighted by molar-refractivity contribution is 0.296. The van der Waals surface area contributed by atoms with E-state index in [-0.39, 0.29) is 6.61 Å². The van der Waals surface area contributed by atoms with Gasteiger partial charge in [-0.1, -0.05) is 18.7 Å². The lowest BCUT2D eigenvalue weighted by atomic mass is 10.00. The summed E-state index contributed by atoms with van der Waals surface area (Å²) in [5.74, 6) is 3.45. The van der Waals surface area contributed by atoms with Crippen LogP contribution in [0.4, 0.5) is 5.95 Å². The Morgan fingerprint density at radius 2 is 2.17 bits per heavy atom. The molecule has 0 amide bonds. The maximum absolute atomic E-state index is 8.98. The smallest absolute Gasteiger partial charge is 0.228 e. The normalized spacial score (nSPS) is 16.2. The summed E-state index contributed by atoms with van der Waals surface area (Å²) in [5, 5.41) is 18.7. The van der Waals surface area contributed by atoms with E-state index in [1.807, 2.05) is 12.1 Å². The van der Waals surface area contributed by atoms with Crippen molar-refractivity contribution in [1.29, 1.82) is 0 Å². The van der Waals surface area contributed by atoms with Gasteiger partial charge < -0.3 is 14.4 Å². The molecule has 3 rings (SSSR count). The zero-order valence-electron chi connectivity index (χ0n) is 13.5. The predicted molar refractivity (Wildman–Crippen MR) is 90.9 cm³/mol. The van der Waals surface area contributed by atoms with Gasteiger partial charge in [0.05, 0.1) is 12.8 Å². The topological polar surface area (TPSA) is 67.3 Å². The standard InChI is InChI=1S/C16H24N4O2S/c1-13-5-7-19(8-6-13)15-17-18-16(23-11-3-9-21)20(15)12-14-4-2-10-22-14/h2,4,10,13,21H,3,5-9,11-12H2,1H3. The lowest BCUT2D eigenvalue weighted by Gasteiger charge is -2.31. The second kappa shape index (κ2) is 7.88. The Balaban J connectivity index is 1.79. The molecule has 3 heterocycles. The van der Waals surface area contributed by atoms with Crippen molar-refractivity contribution in [3.8, 4) is 0 Å². The number of piperidine rings is 1. The maximum Gasteiger partial charge on any atom is 0.228 e. The van der Waals surface area contributed by atoms with E-state index in [0.29, 0.717) is 6.54 Å². The summed E-state index contributed by atoms with van der Waals surface area (Å²) in [7, 11) is 0. The van der Waals surface area contributed by atoms with Gasteiger partial charge in [-0.15, -0.1) is 10.2 Å². The Morgan fingerprint density at radius 3 is 2.87 bits per heavy atom. The van der Waals surface area contributed by atoms with Crippen molar-refractivity contribution >= 4 is 17.7 Å². The zero-order valence-corrected chi connectivity index (χ0v) is 14.3. The van der Waals surface area contributed by atoms with Crippen LogP contribution in [0.15, 0.2) is 28.0 Å². The number of furan rings is 1. The van der Waals surface area contributed by atoms with Gasteiger partial charge in [-0.2, -0.15) is 0 Å². The van der Waals surface area contributed by atoms with Crippen LogP contribution in [0.2, 0.25) is 0 Å². The second-order valence-corrected chi connectivity index (χ2v) is 7.11. The van der Waals surface area contributed by atoms with Crippen molar-refractivity contribution in [2.45, 2.75) is 37.9 Å². The average molecular weight is 336 g/mol. The minimum Gasteiger partial charge on any atom is -0.467 e. The van der Waals surface area contributed by atoms with Crippen LogP contribution in [-0.2, 0) is 6.54 Å². The molecule has 0 aromatic carbocycles. The van der Waals surface area contributed by atoms with Crippen LogP contribution in [0.3, 0.4) is 0 Å². The highest BCUT2D eigenvalue weighted by Gasteiger charge is 2.23. The van der Waals surface area contributed by atoms with Crippen LogP contribution >= 0.6 is 11.8 Å². The maximum atomic E-state index is 8.98. The van der Waals surface area contributed by atoms with E-state index in [1.165, 1.54) is 12.8 Å². The number of anilines is 1. The minimum absolute atomic E-state index is 0.205. The predicted octanol–water partition coefficient (Wildman–Crippen LogP) is 2.63. The van der Waals surface area contributed by atoms with Crippen molar-refractivity contribution < 1.29 is 9.52 Å². The van der Waals surface area contributed by atoms with E-state index in [4.69, 9.17) is 9.52 Å². The number of aliphatic hydroxyl groups is 1. The largest absolute Gasteiger partial charge is 0.467 e. The fourth-order valence-electron chi connectivity index (χ4n) is 2.76. The summed E-state index contributed by atoms with van der Waals surface area (Å²) in [4.78, 5) is 2.33. The summed E-state index contributed by atoms with van der Waals surface area (Å²) in [6.07, 6.45) is 4.84. The van der Waals surface area contributed by atoms with Gasteiger partial charge in [0.15, 0.2) is 5.16 Å². The Bertz CT molecular complexity index is 591. The fraction of sp³-hybridized carbons (Fsp3) is 0.625. The van der Waals surface area contributed by atoms with Crippen molar-refractivity contribution in [2.75, 3.05) is 30.3 Å². The van der Waals surface area contributed by atoms with Crippen LogP contribution in [0.1, 0.15) is 31.9 Å². The van der Waals surface area contributed by atoms with Crippen molar-refractivity contribution in [2.24, 2.45) is 5.92 Å². The van der Waals surface area contributed by atoms with Crippen molar-refractivity contribution in [1.82, 2.24) is 14.8 Å². The molecule has 0 unspecified atom stereocenters. The SMILES string of the molecule is CC1CCN(c2nnc(SCCCO)n2Cc2ccco2)CC1. The average Bonchev–Trinajstić information content (AvgIpc) is 3.20. The summed E-state index contributed by atoms with van der Waals surface area (Å²) < 4.78 is 7.64. The second-order valence-electron chi connectivity index (χ2n) is 6.04. The quantitative estimate of drug-likeness (QED) is 0.619. The van der Waals surface area contributed by atoms with E-state index in [9.17, 15) is 0 Å². The van der Waals surface area contributed by atoms with Gasteiger partial charge in [-0.05, 0) is 37.3 Å². The van der Waals surface area contributed by atoms with E-state index in [0.717, 1.165) is 48.0 Å². The third kappa shape index (κ3) is 4.09. The molecule has 23 heavy (non-hydrogen) atoms. The van der Waals surface area contributed by atoms with Crippen LogP contribution in [0.25, 0.3) is 0 Å². The molecule has 1 aliphatic heterocycles. The van der Waals surface area contributed by atoms with Crippen molar-refractivity contribution in [3.05, 3.63) is 24.2 Å². The van der Waals surface area contributed by atoms with Crippen LogP contribution < -0.4 is 4.90 Å². The number of hydrogen-bond donors (Lipinski definition) is 1. The molecule has 126 valence electrons. The highest BCUT2D eigenvalue weighted by Crippen LogP contribution is 2.27. The molecule has 0 radical (unpaired) electrons. The number of nitrogens with zero attached hydrogens (tertiary/aromatic N) is 4. The molecule has 0 saturated carbocycles. The number of aliphatic hydroxyl groups excluding tert-OH is 1. The van der Waals surface area contributed by atoms with E-state index >= 15 is 0 Å². The van der Waals surface area contributed by atoms with E-state index in [1.54, 1.807) is 18.0 Å². The summed E-state index contributed by atoms with van der Waals surface area (Å²) in [5.41, 5.74) is 0. The Morgan fingerprint density at radius 1 is 1.35 bits per heavy atom. The number of aromatic nitrogens is 3. The highest BCUT2D eigenvalue weighted by atomic mass is 32.2. The monoisotopic (exact) mass is 336 g/mol. The molecule has 1 saturated heterocycles. The Kier molecular flexibility index (Phi) is 5.61. The lowest BCUT2D eigenvalue weighted by Crippen LogP contribution is -2.35. The molecule has 0 aliphatic carbocycles. The number of thioether (sulfide) groups is 1. The zero-order chi connectivity index (χ0) is 16.1. The Hall–Kier alpha value is -1.47. The summed E-state index contributed by atoms with van der Waals surface area (Å²) in [6.45, 7) is 5.21. The molecule has 0 bridgehead atoms. The highest BCUT2D eigenvalue weighted by molar-refractivity contribution is 7.99. The molecule has 2 aromatic heterocycles. The van der Waals surface area contributed by atoms with Gasteiger partial charge >= 0.3 is 0 Å². The van der Waals surface area contributed by atoms with Gasteiger partial charge in [0, 0.05) is 25.4 Å². The molecule has 1 fully saturated rings. The fourth-order valence-corrected chi connectivity index (χ4v) is 3.61. The van der Waals surface area contributed by atoms with Gasteiger partial charge in [0.2, 0.25) is 5.95 Å². The van der Waals surface area contributed by atoms with Gasteiger partial charge in [0.1, 0.15) is 5.76 Å². The van der Waals surface area contributed by atoms with Crippen LogP contribution in [0, 0.1) is 5.92 Å². The molecule has 0 atom stereocenters. The van der Waals surface area contributed by atoms with Gasteiger partial charge in [-0.3, -0.25) is 4.57 Å². The molecule has 2 aromatic rings. The third-order valence-electron chi connectivity index (χ3n) is 4.19. The number of rotatable bonds is 7. The molecule has 1 N–H and O–H groups in total. The third-order valence-corrected chi connectivity index (χ3v) is 5.24. The van der Waals surface area contributed by atoms with E-state index in [2.05, 4.69) is 26.6 Å². The van der Waals surface area contributed by atoms with Crippen molar-refractivity contribution in [3.63, 3.8) is 0 Å². The van der Waals surface area contributed by atoms with Gasteiger partial charge in [0.25, 0.3) is 0 Å². The molecular formula is C16H24N4O2S. The molecule has 7 heteroatoms. The van der Waals surface area contributed by atoms with Crippen LogP contribution in [-0.4, -0.2) is 45.3 Å². The first kappa shape index (κ1) is 16.4. The summed E-state index contributed by atoms with van der Waals surface area (Å²) >= 11 is 1.64. The number of hydrogen-bond acceptors (Lipinski definition) is 6. The molecule has 1 aliphatic rings. The first-order valence-corrected chi connectivity index (χ1v) is 9.20. The molecule has 6 nitrogen and oxygen atoms in total. The minimum atomic E-state index is 0.205.